The molecular formula is C21H26BrN7O3. The zero-order valence-corrected chi connectivity index (χ0v) is 19.9. The Labute approximate surface area is 194 Å². The molecule has 3 aromatic rings. The van der Waals surface area contributed by atoms with Crippen molar-refractivity contribution < 1.29 is 9.66 Å². The van der Waals surface area contributed by atoms with Crippen LogP contribution in [-0.4, -0.2) is 82.9 Å². The van der Waals surface area contributed by atoms with E-state index in [0.29, 0.717) is 15.9 Å². The number of benzene rings is 1. The molecule has 0 aliphatic carbocycles. The lowest BCUT2D eigenvalue weighted by molar-refractivity contribution is -0.385. The topological polar surface area (TPSA) is 102 Å². The standard InChI is InChI=1S/C21H26BrN7O3/c1-14-10-17-15(13-24-14)21(23-4-5-27-8-6-26(2)7-9-27)25-28(17)19-11-16(22)18(29(30)31)12-20(19)32-3/h10-13H,4-9H2,1-3H3,(H,23,25). The van der Waals surface area contributed by atoms with E-state index in [9.17, 15) is 10.1 Å². The van der Waals surface area contributed by atoms with Crippen LogP contribution in [0.5, 0.6) is 5.75 Å². The molecule has 10 nitrogen and oxygen atoms in total. The van der Waals surface area contributed by atoms with Gasteiger partial charge in [0, 0.05) is 51.2 Å². The summed E-state index contributed by atoms with van der Waals surface area (Å²) in [7, 11) is 3.64. The van der Waals surface area contributed by atoms with Gasteiger partial charge in [-0.05, 0) is 42.0 Å². The average molecular weight is 504 g/mol. The van der Waals surface area contributed by atoms with Crippen molar-refractivity contribution in [3.8, 4) is 11.4 Å². The van der Waals surface area contributed by atoms with E-state index in [0.717, 1.165) is 61.7 Å². The average Bonchev–Trinajstić information content (AvgIpc) is 3.12. The third-order valence-corrected chi connectivity index (χ3v) is 6.33. The first-order chi connectivity index (χ1) is 15.4. The molecule has 1 saturated heterocycles. The van der Waals surface area contributed by atoms with E-state index in [1.54, 1.807) is 16.9 Å². The van der Waals surface area contributed by atoms with Gasteiger partial charge < -0.3 is 15.0 Å². The zero-order chi connectivity index (χ0) is 22.8. The van der Waals surface area contributed by atoms with Gasteiger partial charge >= 0.3 is 0 Å². The first-order valence-electron chi connectivity index (χ1n) is 10.4. The van der Waals surface area contributed by atoms with Gasteiger partial charge in [0.05, 0.1) is 33.5 Å². The predicted molar refractivity (Wildman–Crippen MR) is 127 cm³/mol. The Morgan fingerprint density at radius 3 is 2.69 bits per heavy atom. The summed E-state index contributed by atoms with van der Waals surface area (Å²) in [5.74, 6) is 1.08. The van der Waals surface area contributed by atoms with Crippen molar-refractivity contribution in [1.29, 1.82) is 0 Å². The van der Waals surface area contributed by atoms with Crippen LogP contribution in [0.3, 0.4) is 0 Å². The summed E-state index contributed by atoms with van der Waals surface area (Å²) in [4.78, 5) is 20.1. The first kappa shape index (κ1) is 22.4. The second kappa shape index (κ2) is 9.39. The molecule has 1 aromatic carbocycles. The molecule has 0 amide bonds. The number of hydrogen-bond acceptors (Lipinski definition) is 8. The summed E-state index contributed by atoms with van der Waals surface area (Å²) in [6.45, 7) is 7.87. The van der Waals surface area contributed by atoms with Crippen LogP contribution in [0.1, 0.15) is 5.69 Å². The van der Waals surface area contributed by atoms with E-state index in [-0.39, 0.29) is 5.69 Å². The number of rotatable bonds is 7. The number of aromatic nitrogens is 3. The molecular weight excluding hydrogens is 478 g/mol. The molecule has 11 heteroatoms. The molecule has 0 radical (unpaired) electrons. The highest BCUT2D eigenvalue weighted by molar-refractivity contribution is 9.10. The summed E-state index contributed by atoms with van der Waals surface area (Å²) >= 11 is 3.31. The maximum absolute atomic E-state index is 11.3. The summed E-state index contributed by atoms with van der Waals surface area (Å²) < 4.78 is 7.57. The largest absolute Gasteiger partial charge is 0.494 e. The summed E-state index contributed by atoms with van der Waals surface area (Å²) in [5, 5.41) is 20.5. The fourth-order valence-electron chi connectivity index (χ4n) is 3.83. The summed E-state index contributed by atoms with van der Waals surface area (Å²) in [6.07, 6.45) is 1.80. The van der Waals surface area contributed by atoms with Gasteiger partial charge in [-0.2, -0.15) is 0 Å². The van der Waals surface area contributed by atoms with E-state index in [4.69, 9.17) is 9.84 Å². The number of ether oxygens (including phenoxy) is 1. The van der Waals surface area contributed by atoms with Crippen LogP contribution in [0.15, 0.2) is 28.9 Å². The minimum atomic E-state index is -0.447. The molecule has 1 N–H and O–H groups in total. The number of nitrogens with zero attached hydrogens (tertiary/aromatic N) is 6. The van der Waals surface area contributed by atoms with Gasteiger partial charge in [-0.1, -0.05) is 0 Å². The minimum Gasteiger partial charge on any atom is -0.494 e. The number of likely N-dealkylation sites (N-methyl/N-ethyl adjacent to an activating group) is 1. The lowest BCUT2D eigenvalue weighted by Crippen LogP contribution is -2.45. The highest BCUT2D eigenvalue weighted by Gasteiger charge is 2.22. The van der Waals surface area contributed by atoms with Crippen LogP contribution >= 0.6 is 15.9 Å². The number of piperazine rings is 1. The number of nitro benzene ring substituents is 1. The predicted octanol–water partition coefficient (Wildman–Crippen LogP) is 3.07. The van der Waals surface area contributed by atoms with Crippen molar-refractivity contribution in [1.82, 2.24) is 24.6 Å². The van der Waals surface area contributed by atoms with Crippen molar-refractivity contribution in [3.05, 3.63) is 44.7 Å². The Kier molecular flexibility index (Phi) is 6.58. The molecule has 1 aliphatic rings. The number of fused-ring (bicyclic) bond motifs is 1. The molecule has 1 aliphatic heterocycles. The molecule has 0 spiro atoms. The van der Waals surface area contributed by atoms with Gasteiger partial charge in [-0.3, -0.25) is 20.0 Å². The number of nitro groups is 1. The van der Waals surface area contributed by atoms with E-state index in [2.05, 4.69) is 43.1 Å². The second-order valence-electron chi connectivity index (χ2n) is 7.91. The molecule has 4 rings (SSSR count). The van der Waals surface area contributed by atoms with Crippen molar-refractivity contribution in [2.75, 3.05) is 58.7 Å². The Hall–Kier alpha value is -2.76. The second-order valence-corrected chi connectivity index (χ2v) is 8.76. The van der Waals surface area contributed by atoms with Gasteiger partial charge in [0.2, 0.25) is 0 Å². The quantitative estimate of drug-likeness (QED) is 0.387. The SMILES string of the molecule is COc1cc([N+](=O)[O-])c(Br)cc1-n1nc(NCCN2CCN(C)CC2)c2cnc(C)cc21. The van der Waals surface area contributed by atoms with Crippen molar-refractivity contribution in [2.24, 2.45) is 0 Å². The third-order valence-electron chi connectivity index (χ3n) is 5.69. The van der Waals surface area contributed by atoms with Crippen LogP contribution in [0, 0.1) is 17.0 Å². The summed E-state index contributed by atoms with van der Waals surface area (Å²) in [5.41, 5.74) is 2.24. The Balaban J connectivity index is 1.66. The lowest BCUT2D eigenvalue weighted by atomic mass is 10.2. The number of anilines is 1. The first-order valence-corrected chi connectivity index (χ1v) is 11.2. The Bertz CT molecular complexity index is 1140. The van der Waals surface area contributed by atoms with Crippen LogP contribution in [0.2, 0.25) is 0 Å². The van der Waals surface area contributed by atoms with Crippen molar-refractivity contribution >= 4 is 38.3 Å². The molecule has 0 atom stereocenters. The summed E-state index contributed by atoms with van der Waals surface area (Å²) in [6, 6.07) is 5.01. The van der Waals surface area contributed by atoms with Crippen LogP contribution < -0.4 is 10.1 Å². The van der Waals surface area contributed by atoms with Crippen LogP contribution in [-0.2, 0) is 0 Å². The van der Waals surface area contributed by atoms with Gasteiger partial charge in [0.15, 0.2) is 11.6 Å². The number of aryl methyl sites for hydroxylation is 1. The highest BCUT2D eigenvalue weighted by atomic mass is 79.9. The number of pyridine rings is 1. The molecule has 3 heterocycles. The maximum atomic E-state index is 11.3. The van der Waals surface area contributed by atoms with E-state index >= 15 is 0 Å². The Morgan fingerprint density at radius 2 is 2.00 bits per heavy atom. The van der Waals surface area contributed by atoms with E-state index < -0.39 is 4.92 Å². The van der Waals surface area contributed by atoms with Crippen LogP contribution in [0.4, 0.5) is 11.5 Å². The number of halogens is 1. The lowest BCUT2D eigenvalue weighted by Gasteiger charge is -2.32. The number of nitrogens with one attached hydrogen (secondary N) is 1. The van der Waals surface area contributed by atoms with Crippen molar-refractivity contribution in [3.63, 3.8) is 0 Å². The van der Waals surface area contributed by atoms with Crippen molar-refractivity contribution in [2.45, 2.75) is 6.92 Å². The Morgan fingerprint density at radius 1 is 1.25 bits per heavy atom. The number of methoxy groups -OCH3 is 1. The zero-order valence-electron chi connectivity index (χ0n) is 18.3. The molecule has 2 aromatic heterocycles. The highest BCUT2D eigenvalue weighted by Crippen LogP contribution is 2.37. The third kappa shape index (κ3) is 4.54. The molecule has 170 valence electrons. The van der Waals surface area contributed by atoms with Gasteiger partial charge in [-0.25, -0.2) is 4.68 Å². The minimum absolute atomic E-state index is 0.0644. The molecule has 0 saturated carbocycles. The monoisotopic (exact) mass is 503 g/mol. The van der Waals surface area contributed by atoms with Gasteiger partial charge in [-0.15, -0.1) is 5.10 Å². The van der Waals surface area contributed by atoms with E-state index in [1.165, 1.54) is 13.2 Å². The molecule has 0 bridgehead atoms. The molecule has 32 heavy (non-hydrogen) atoms. The number of hydrogen-bond donors (Lipinski definition) is 1. The van der Waals surface area contributed by atoms with Crippen LogP contribution in [0.25, 0.3) is 16.6 Å². The molecule has 1 fully saturated rings. The fraction of sp³-hybridized carbons (Fsp3) is 0.429. The molecule has 0 unspecified atom stereocenters. The fourth-order valence-corrected chi connectivity index (χ4v) is 4.31. The van der Waals surface area contributed by atoms with Gasteiger partial charge in [0.1, 0.15) is 5.69 Å². The normalized spacial score (nSPS) is 15.2. The van der Waals surface area contributed by atoms with Gasteiger partial charge in [0.25, 0.3) is 5.69 Å². The smallest absolute Gasteiger partial charge is 0.287 e. The van der Waals surface area contributed by atoms with E-state index in [1.807, 2.05) is 13.0 Å². The maximum Gasteiger partial charge on any atom is 0.287 e.